The molecule has 0 heterocycles. The number of phenols is 1. The molecule has 1 unspecified atom stereocenters. The van der Waals surface area contributed by atoms with Gasteiger partial charge in [0.2, 0.25) is 0 Å². The van der Waals surface area contributed by atoms with Gasteiger partial charge >= 0.3 is 0 Å². The Morgan fingerprint density at radius 2 is 1.73 bits per heavy atom. The van der Waals surface area contributed by atoms with Crippen LogP contribution in [-0.4, -0.2) is 16.8 Å². The summed E-state index contributed by atoms with van der Waals surface area (Å²) in [7, 11) is 0. The largest absolute Gasteiger partial charge is 0.508 e. The van der Waals surface area contributed by atoms with E-state index < -0.39 is 0 Å². The zero-order valence-corrected chi connectivity index (χ0v) is 8.64. The van der Waals surface area contributed by atoms with Crippen LogP contribution in [0.4, 0.5) is 0 Å². The van der Waals surface area contributed by atoms with E-state index in [-0.39, 0.29) is 18.3 Å². The molecule has 0 aromatic heterocycles. The van der Waals surface area contributed by atoms with Gasteiger partial charge in [-0.1, -0.05) is 31.2 Å². The first-order valence-corrected chi connectivity index (χ1v) is 5.04. The van der Waals surface area contributed by atoms with E-state index in [0.717, 1.165) is 16.3 Å². The molecule has 2 aromatic carbocycles. The number of benzene rings is 2. The van der Waals surface area contributed by atoms with Crippen molar-refractivity contribution in [1.82, 2.24) is 0 Å². The fourth-order valence-corrected chi connectivity index (χ4v) is 1.66. The van der Waals surface area contributed by atoms with Gasteiger partial charge in [-0.05, 0) is 28.5 Å². The van der Waals surface area contributed by atoms with E-state index in [2.05, 4.69) is 6.07 Å². The number of aliphatic hydroxyl groups is 1. The van der Waals surface area contributed by atoms with Gasteiger partial charge in [0.1, 0.15) is 5.75 Å². The third kappa shape index (κ3) is 1.95. The Labute approximate surface area is 88.8 Å². The molecule has 2 heteroatoms. The van der Waals surface area contributed by atoms with Crippen LogP contribution in [0.5, 0.6) is 5.75 Å². The smallest absolute Gasteiger partial charge is 0.116 e. The highest BCUT2D eigenvalue weighted by Gasteiger charge is 2.04. The fraction of sp³-hybridized carbons (Fsp3) is 0.231. The van der Waals surface area contributed by atoms with Crippen LogP contribution < -0.4 is 0 Å². The first-order valence-electron chi connectivity index (χ1n) is 5.04. The summed E-state index contributed by atoms with van der Waals surface area (Å²) in [5, 5.41) is 20.5. The Kier molecular flexibility index (Phi) is 2.60. The summed E-state index contributed by atoms with van der Waals surface area (Å²) in [6.45, 7) is 2.14. The molecule has 1 atom stereocenters. The molecule has 0 amide bonds. The predicted molar refractivity (Wildman–Crippen MR) is 61.1 cm³/mol. The summed E-state index contributed by atoms with van der Waals surface area (Å²) in [4.78, 5) is 0. The monoisotopic (exact) mass is 202 g/mol. The second kappa shape index (κ2) is 3.91. The van der Waals surface area contributed by atoms with Gasteiger partial charge in [-0.3, -0.25) is 0 Å². The molecular formula is C13H14O2. The van der Waals surface area contributed by atoms with E-state index in [9.17, 15) is 5.11 Å². The van der Waals surface area contributed by atoms with Gasteiger partial charge in [0.15, 0.2) is 0 Å². The van der Waals surface area contributed by atoms with Crippen molar-refractivity contribution in [1.29, 1.82) is 0 Å². The summed E-state index contributed by atoms with van der Waals surface area (Å²) in [6, 6.07) is 11.3. The molecule has 2 rings (SSSR count). The molecule has 78 valence electrons. The Balaban J connectivity index is 2.52. The van der Waals surface area contributed by atoms with Crippen molar-refractivity contribution in [2.24, 2.45) is 0 Å². The zero-order valence-electron chi connectivity index (χ0n) is 8.64. The number of hydrogen-bond donors (Lipinski definition) is 2. The normalized spacial score (nSPS) is 12.9. The highest BCUT2D eigenvalue weighted by Crippen LogP contribution is 2.24. The summed E-state index contributed by atoms with van der Waals surface area (Å²) in [5.41, 5.74) is 1.12. The van der Waals surface area contributed by atoms with Gasteiger partial charge in [0.05, 0.1) is 0 Å². The van der Waals surface area contributed by atoms with Crippen molar-refractivity contribution >= 4 is 10.8 Å². The zero-order chi connectivity index (χ0) is 10.8. The average Bonchev–Trinajstić information content (AvgIpc) is 2.27. The van der Waals surface area contributed by atoms with Gasteiger partial charge in [-0.15, -0.1) is 0 Å². The van der Waals surface area contributed by atoms with Crippen LogP contribution in [0.25, 0.3) is 10.8 Å². The molecule has 0 aliphatic rings. The van der Waals surface area contributed by atoms with E-state index in [1.165, 1.54) is 0 Å². The third-order valence-electron chi connectivity index (χ3n) is 2.69. The molecule has 2 aromatic rings. The molecule has 15 heavy (non-hydrogen) atoms. The molecule has 0 radical (unpaired) electrons. The quantitative estimate of drug-likeness (QED) is 0.786. The molecular weight excluding hydrogens is 188 g/mol. The molecule has 0 aliphatic carbocycles. The SMILES string of the molecule is CC(CO)c1ccc2cc(O)ccc2c1. The van der Waals surface area contributed by atoms with E-state index in [4.69, 9.17) is 5.11 Å². The van der Waals surface area contributed by atoms with Crippen molar-refractivity contribution < 1.29 is 10.2 Å². The highest BCUT2D eigenvalue weighted by molar-refractivity contribution is 5.84. The Hall–Kier alpha value is -1.54. The fourth-order valence-electron chi connectivity index (χ4n) is 1.66. The minimum atomic E-state index is 0.156. The van der Waals surface area contributed by atoms with Crippen molar-refractivity contribution in [3.8, 4) is 5.75 Å². The lowest BCUT2D eigenvalue weighted by Gasteiger charge is -2.09. The number of aromatic hydroxyl groups is 1. The summed E-state index contributed by atoms with van der Waals surface area (Å²) < 4.78 is 0. The van der Waals surface area contributed by atoms with Crippen LogP contribution in [0, 0.1) is 0 Å². The first-order chi connectivity index (χ1) is 7.20. The van der Waals surface area contributed by atoms with Crippen molar-refractivity contribution in [3.05, 3.63) is 42.0 Å². The van der Waals surface area contributed by atoms with Gasteiger partial charge in [0.25, 0.3) is 0 Å². The number of fused-ring (bicyclic) bond motifs is 1. The summed E-state index contributed by atoms with van der Waals surface area (Å²) >= 11 is 0. The van der Waals surface area contributed by atoms with Crippen molar-refractivity contribution in [2.45, 2.75) is 12.8 Å². The lowest BCUT2D eigenvalue weighted by atomic mass is 9.98. The van der Waals surface area contributed by atoms with Crippen LogP contribution in [-0.2, 0) is 0 Å². The maximum atomic E-state index is 9.31. The van der Waals surface area contributed by atoms with Crippen LogP contribution in [0.1, 0.15) is 18.4 Å². The lowest BCUT2D eigenvalue weighted by molar-refractivity contribution is 0.273. The van der Waals surface area contributed by atoms with Crippen molar-refractivity contribution in [3.63, 3.8) is 0 Å². The second-order valence-corrected chi connectivity index (χ2v) is 3.87. The van der Waals surface area contributed by atoms with Gasteiger partial charge in [-0.2, -0.15) is 0 Å². The Morgan fingerprint density at radius 1 is 1.07 bits per heavy atom. The molecule has 0 saturated heterocycles. The predicted octanol–water partition coefficient (Wildman–Crippen LogP) is 2.64. The number of rotatable bonds is 2. The minimum Gasteiger partial charge on any atom is -0.508 e. The summed E-state index contributed by atoms with van der Waals surface area (Å²) in [5.74, 6) is 0.439. The first kappa shape index (κ1) is 9.99. The maximum Gasteiger partial charge on any atom is 0.116 e. The molecule has 0 bridgehead atoms. The van der Waals surface area contributed by atoms with E-state index in [1.807, 2.05) is 25.1 Å². The second-order valence-electron chi connectivity index (χ2n) is 3.87. The van der Waals surface area contributed by atoms with E-state index >= 15 is 0 Å². The Bertz CT molecular complexity index is 477. The van der Waals surface area contributed by atoms with Crippen LogP contribution in [0.15, 0.2) is 36.4 Å². The topological polar surface area (TPSA) is 40.5 Å². The van der Waals surface area contributed by atoms with E-state index in [0.29, 0.717) is 0 Å². The molecule has 0 saturated carbocycles. The lowest BCUT2D eigenvalue weighted by Crippen LogP contribution is -1.98. The molecule has 0 aliphatic heterocycles. The highest BCUT2D eigenvalue weighted by atomic mass is 16.3. The van der Waals surface area contributed by atoms with Crippen LogP contribution >= 0.6 is 0 Å². The van der Waals surface area contributed by atoms with Gasteiger partial charge < -0.3 is 10.2 Å². The standard InChI is InChI=1S/C13H14O2/c1-9(8-14)10-2-3-12-7-13(15)5-4-11(12)6-10/h2-7,9,14-15H,8H2,1H3. The van der Waals surface area contributed by atoms with Crippen LogP contribution in [0.2, 0.25) is 0 Å². The van der Waals surface area contributed by atoms with Gasteiger partial charge in [0, 0.05) is 12.5 Å². The average molecular weight is 202 g/mol. The van der Waals surface area contributed by atoms with Crippen LogP contribution in [0.3, 0.4) is 0 Å². The number of aliphatic hydroxyl groups excluding tert-OH is 1. The maximum absolute atomic E-state index is 9.31. The minimum absolute atomic E-state index is 0.156. The molecule has 0 fully saturated rings. The molecule has 0 spiro atoms. The number of hydrogen-bond acceptors (Lipinski definition) is 2. The third-order valence-corrected chi connectivity index (χ3v) is 2.69. The van der Waals surface area contributed by atoms with E-state index in [1.54, 1.807) is 12.1 Å². The molecule has 2 N–H and O–H groups in total. The molecule has 2 nitrogen and oxygen atoms in total. The van der Waals surface area contributed by atoms with Crippen molar-refractivity contribution in [2.75, 3.05) is 6.61 Å². The Morgan fingerprint density at radius 3 is 2.47 bits per heavy atom. The number of phenolic OH excluding ortho intramolecular Hbond substituents is 1. The van der Waals surface area contributed by atoms with Gasteiger partial charge in [-0.25, -0.2) is 0 Å². The summed E-state index contributed by atoms with van der Waals surface area (Å²) in [6.07, 6.45) is 0.